The summed E-state index contributed by atoms with van der Waals surface area (Å²) < 4.78 is 9.29. The summed E-state index contributed by atoms with van der Waals surface area (Å²) in [7, 11) is 2.62. The van der Waals surface area contributed by atoms with Crippen LogP contribution in [0.25, 0.3) is 0 Å². The minimum Gasteiger partial charge on any atom is -0.480 e. The van der Waals surface area contributed by atoms with Crippen LogP contribution in [0.4, 0.5) is 0 Å². The van der Waals surface area contributed by atoms with Crippen molar-refractivity contribution in [1.82, 2.24) is 9.97 Å². The summed E-state index contributed by atoms with van der Waals surface area (Å²) >= 11 is 5.65. The molecule has 0 aliphatic rings. The second-order valence-electron chi connectivity index (χ2n) is 2.04. The fraction of sp³-hybridized carbons (Fsp3) is 0.286. The van der Waals surface area contributed by atoms with E-state index in [4.69, 9.17) is 16.3 Å². The van der Waals surface area contributed by atoms with Gasteiger partial charge in [0.05, 0.1) is 14.2 Å². The van der Waals surface area contributed by atoms with Crippen LogP contribution < -0.4 is 4.74 Å². The van der Waals surface area contributed by atoms with E-state index < -0.39 is 5.97 Å². The van der Waals surface area contributed by atoms with Crippen molar-refractivity contribution in [2.75, 3.05) is 14.2 Å². The van der Waals surface area contributed by atoms with E-state index in [9.17, 15) is 4.79 Å². The number of hydrogen-bond acceptors (Lipinski definition) is 5. The normalized spacial score (nSPS) is 9.46. The van der Waals surface area contributed by atoms with E-state index >= 15 is 0 Å². The minimum atomic E-state index is -0.623. The molecule has 0 unspecified atom stereocenters. The highest BCUT2D eigenvalue weighted by Gasteiger charge is 2.18. The van der Waals surface area contributed by atoms with Gasteiger partial charge < -0.3 is 9.47 Å². The lowest BCUT2D eigenvalue weighted by Gasteiger charge is -2.05. The number of ether oxygens (including phenoxy) is 2. The first-order valence-corrected chi connectivity index (χ1v) is 3.71. The molecule has 0 aliphatic carbocycles. The molecule has 1 rings (SSSR count). The Hall–Kier alpha value is -1.36. The van der Waals surface area contributed by atoms with Gasteiger partial charge in [-0.05, 0) is 0 Å². The van der Waals surface area contributed by atoms with Crippen LogP contribution in [-0.2, 0) is 4.74 Å². The molecule has 0 saturated carbocycles. The maximum Gasteiger partial charge on any atom is 0.346 e. The molecule has 0 amide bonds. The van der Waals surface area contributed by atoms with Crippen LogP contribution in [0.2, 0.25) is 5.15 Å². The number of carbonyl (C=O) groups excluding carboxylic acids is 1. The number of rotatable bonds is 2. The number of methoxy groups -OCH3 is 2. The molecule has 0 fully saturated rings. The molecule has 0 atom stereocenters. The maximum absolute atomic E-state index is 11.1. The molecule has 70 valence electrons. The maximum atomic E-state index is 11.1. The zero-order chi connectivity index (χ0) is 9.84. The van der Waals surface area contributed by atoms with Gasteiger partial charge in [-0.1, -0.05) is 11.6 Å². The third-order valence-corrected chi connectivity index (χ3v) is 1.64. The molecule has 0 radical (unpaired) electrons. The Morgan fingerprint density at radius 2 is 2.15 bits per heavy atom. The predicted octanol–water partition coefficient (Wildman–Crippen LogP) is 0.925. The number of esters is 1. The SMILES string of the molecule is COC(=O)c1c(Cl)ncnc1OC. The first-order valence-electron chi connectivity index (χ1n) is 3.33. The van der Waals surface area contributed by atoms with Crippen molar-refractivity contribution in [2.45, 2.75) is 0 Å². The lowest BCUT2D eigenvalue weighted by molar-refractivity contribution is 0.0596. The van der Waals surface area contributed by atoms with Crippen LogP contribution >= 0.6 is 11.6 Å². The van der Waals surface area contributed by atoms with Gasteiger partial charge in [0.25, 0.3) is 0 Å². The summed E-state index contributed by atoms with van der Waals surface area (Å²) in [5, 5.41) is 0.0127. The third kappa shape index (κ3) is 1.86. The zero-order valence-electron chi connectivity index (χ0n) is 7.07. The van der Waals surface area contributed by atoms with Gasteiger partial charge >= 0.3 is 5.97 Å². The Balaban J connectivity index is 3.22. The van der Waals surface area contributed by atoms with Gasteiger partial charge in [0.1, 0.15) is 6.33 Å². The van der Waals surface area contributed by atoms with Gasteiger partial charge in [-0.15, -0.1) is 0 Å². The zero-order valence-corrected chi connectivity index (χ0v) is 7.83. The Labute approximate surface area is 79.7 Å². The monoisotopic (exact) mass is 202 g/mol. The standard InChI is InChI=1S/C7H7ClN2O3/c1-12-6-4(7(11)13-2)5(8)9-3-10-6/h3H,1-2H3. The second kappa shape index (κ2) is 4.04. The molecule has 0 bridgehead atoms. The van der Waals surface area contributed by atoms with Gasteiger partial charge in [0.2, 0.25) is 5.88 Å². The fourth-order valence-electron chi connectivity index (χ4n) is 0.778. The van der Waals surface area contributed by atoms with Crippen molar-refractivity contribution < 1.29 is 14.3 Å². The van der Waals surface area contributed by atoms with Crippen molar-refractivity contribution in [2.24, 2.45) is 0 Å². The minimum absolute atomic E-state index is 0.0127. The van der Waals surface area contributed by atoms with Crippen molar-refractivity contribution in [3.05, 3.63) is 17.0 Å². The van der Waals surface area contributed by atoms with Crippen molar-refractivity contribution in [3.8, 4) is 5.88 Å². The average molecular weight is 203 g/mol. The number of carbonyl (C=O) groups is 1. The first kappa shape index (κ1) is 9.73. The molecular formula is C7H7ClN2O3. The van der Waals surface area contributed by atoms with Crippen LogP contribution in [0.3, 0.4) is 0 Å². The first-order chi connectivity index (χ1) is 6.20. The van der Waals surface area contributed by atoms with Gasteiger partial charge in [-0.2, -0.15) is 0 Å². The number of nitrogens with zero attached hydrogens (tertiary/aromatic N) is 2. The molecule has 0 saturated heterocycles. The summed E-state index contributed by atoms with van der Waals surface area (Å²) in [6.45, 7) is 0. The van der Waals surface area contributed by atoms with Crippen LogP contribution in [-0.4, -0.2) is 30.2 Å². The van der Waals surface area contributed by atoms with Crippen molar-refractivity contribution >= 4 is 17.6 Å². The van der Waals surface area contributed by atoms with Crippen LogP contribution in [0.15, 0.2) is 6.33 Å². The topological polar surface area (TPSA) is 61.3 Å². The van der Waals surface area contributed by atoms with Crippen molar-refractivity contribution in [3.63, 3.8) is 0 Å². The van der Waals surface area contributed by atoms with Crippen LogP contribution in [0.1, 0.15) is 10.4 Å². The smallest absolute Gasteiger partial charge is 0.346 e. The van der Waals surface area contributed by atoms with E-state index in [0.29, 0.717) is 0 Å². The Morgan fingerprint density at radius 1 is 1.46 bits per heavy atom. The van der Waals surface area contributed by atoms with Gasteiger partial charge in [-0.25, -0.2) is 14.8 Å². The van der Waals surface area contributed by atoms with E-state index in [0.717, 1.165) is 0 Å². The average Bonchev–Trinajstić information content (AvgIpc) is 2.16. The molecule has 0 spiro atoms. The lowest BCUT2D eigenvalue weighted by atomic mass is 10.3. The predicted molar refractivity (Wildman–Crippen MR) is 44.9 cm³/mol. The molecule has 0 aromatic carbocycles. The highest BCUT2D eigenvalue weighted by molar-refractivity contribution is 6.32. The van der Waals surface area contributed by atoms with Gasteiger partial charge in [-0.3, -0.25) is 0 Å². The van der Waals surface area contributed by atoms with E-state index in [2.05, 4.69) is 14.7 Å². The summed E-state index contributed by atoms with van der Waals surface area (Å²) in [5.41, 5.74) is 0.0363. The summed E-state index contributed by atoms with van der Waals surface area (Å²) in [6, 6.07) is 0. The van der Waals surface area contributed by atoms with Crippen LogP contribution in [0, 0.1) is 0 Å². The number of hydrogen-bond donors (Lipinski definition) is 0. The summed E-state index contributed by atoms with van der Waals surface area (Å²) in [4.78, 5) is 18.5. The molecule has 1 aromatic heterocycles. The van der Waals surface area contributed by atoms with Crippen molar-refractivity contribution in [1.29, 1.82) is 0 Å². The quantitative estimate of drug-likeness (QED) is 0.527. The van der Waals surface area contributed by atoms with Gasteiger partial charge in [0.15, 0.2) is 10.7 Å². The van der Waals surface area contributed by atoms with E-state index in [1.807, 2.05) is 0 Å². The lowest BCUT2D eigenvalue weighted by Crippen LogP contribution is -2.07. The molecule has 6 heteroatoms. The molecule has 0 aliphatic heterocycles. The van der Waals surface area contributed by atoms with Gasteiger partial charge in [0, 0.05) is 0 Å². The van der Waals surface area contributed by atoms with E-state index in [1.165, 1.54) is 20.5 Å². The molecule has 13 heavy (non-hydrogen) atoms. The Kier molecular flexibility index (Phi) is 3.02. The van der Waals surface area contributed by atoms with E-state index in [-0.39, 0.29) is 16.6 Å². The third-order valence-electron chi connectivity index (χ3n) is 1.35. The molecular weight excluding hydrogens is 196 g/mol. The molecule has 1 aromatic rings. The Bertz CT molecular complexity index is 330. The molecule has 0 N–H and O–H groups in total. The Morgan fingerprint density at radius 3 is 2.69 bits per heavy atom. The largest absolute Gasteiger partial charge is 0.480 e. The molecule has 5 nitrogen and oxygen atoms in total. The van der Waals surface area contributed by atoms with Crippen LogP contribution in [0.5, 0.6) is 5.88 Å². The summed E-state index contributed by atoms with van der Waals surface area (Å²) in [6.07, 6.45) is 1.20. The highest BCUT2D eigenvalue weighted by Crippen LogP contribution is 2.21. The summed E-state index contributed by atoms with van der Waals surface area (Å²) in [5.74, 6) is -0.519. The number of halogens is 1. The fourth-order valence-corrected chi connectivity index (χ4v) is 0.979. The second-order valence-corrected chi connectivity index (χ2v) is 2.40. The van der Waals surface area contributed by atoms with E-state index in [1.54, 1.807) is 0 Å². The molecule has 1 heterocycles. The highest BCUT2D eigenvalue weighted by atomic mass is 35.5. The number of aromatic nitrogens is 2.